The molecule has 0 radical (unpaired) electrons. The van der Waals surface area contributed by atoms with E-state index in [0.29, 0.717) is 10.8 Å². The number of ether oxygens (including phenoxy) is 1. The van der Waals surface area contributed by atoms with Crippen LogP contribution in [-0.2, 0) is 4.79 Å². The number of hydrogen-bond donors (Lipinski definition) is 2. The zero-order valence-corrected chi connectivity index (χ0v) is 9.99. The molecule has 0 saturated heterocycles. The molecule has 4 N–H and O–H groups in total. The van der Waals surface area contributed by atoms with Gasteiger partial charge in [0.1, 0.15) is 5.75 Å². The first kappa shape index (κ1) is 12.8. The number of halogens is 1. The molecule has 1 aromatic carbocycles. The van der Waals surface area contributed by atoms with E-state index in [9.17, 15) is 4.79 Å². The fraction of sp³-hybridized carbons (Fsp3) is 0.364. The second-order valence-corrected chi connectivity index (χ2v) is 4.07. The molecule has 1 aromatic rings. The van der Waals surface area contributed by atoms with Crippen molar-refractivity contribution in [3.63, 3.8) is 0 Å². The van der Waals surface area contributed by atoms with Crippen LogP contribution < -0.4 is 16.2 Å². The Morgan fingerprint density at radius 2 is 2.06 bits per heavy atom. The standard InChI is InChI=1S/C11H15ClN2O2/c1-6(13)9-5-8(12)3-4-10(9)16-7(2)11(14)15/h3-7H,13H2,1-2H3,(H2,14,15)/t6-,7?/m1/s1. The first-order chi connectivity index (χ1) is 7.41. The van der Waals surface area contributed by atoms with Crippen LogP contribution in [0.1, 0.15) is 25.5 Å². The second kappa shape index (κ2) is 5.18. The van der Waals surface area contributed by atoms with E-state index in [1.807, 2.05) is 6.92 Å². The van der Waals surface area contributed by atoms with Crippen molar-refractivity contribution in [1.29, 1.82) is 0 Å². The molecule has 1 amide bonds. The van der Waals surface area contributed by atoms with Crippen molar-refractivity contribution in [1.82, 2.24) is 0 Å². The maximum absolute atomic E-state index is 10.9. The highest BCUT2D eigenvalue weighted by Gasteiger charge is 2.15. The first-order valence-corrected chi connectivity index (χ1v) is 5.30. The van der Waals surface area contributed by atoms with Gasteiger partial charge >= 0.3 is 0 Å². The normalized spacial score (nSPS) is 14.2. The van der Waals surface area contributed by atoms with Gasteiger partial charge in [0, 0.05) is 16.6 Å². The number of carbonyl (C=O) groups excluding carboxylic acids is 1. The fourth-order valence-electron chi connectivity index (χ4n) is 1.23. The van der Waals surface area contributed by atoms with Crippen LogP contribution >= 0.6 is 11.6 Å². The molecular weight excluding hydrogens is 228 g/mol. The van der Waals surface area contributed by atoms with Gasteiger partial charge in [0.05, 0.1) is 0 Å². The van der Waals surface area contributed by atoms with Gasteiger partial charge in [-0.25, -0.2) is 0 Å². The molecule has 0 saturated carbocycles. The summed E-state index contributed by atoms with van der Waals surface area (Å²) >= 11 is 5.86. The van der Waals surface area contributed by atoms with Gasteiger partial charge in [0.2, 0.25) is 0 Å². The summed E-state index contributed by atoms with van der Waals surface area (Å²) in [5, 5.41) is 0.575. The number of carbonyl (C=O) groups is 1. The molecule has 4 nitrogen and oxygen atoms in total. The van der Waals surface area contributed by atoms with Crippen molar-refractivity contribution in [2.24, 2.45) is 11.5 Å². The average molecular weight is 243 g/mol. The van der Waals surface area contributed by atoms with Crippen molar-refractivity contribution in [3.05, 3.63) is 28.8 Å². The molecule has 0 aliphatic heterocycles. The molecule has 16 heavy (non-hydrogen) atoms. The minimum Gasteiger partial charge on any atom is -0.481 e. The summed E-state index contributed by atoms with van der Waals surface area (Å²) in [6.45, 7) is 3.40. The van der Waals surface area contributed by atoms with Crippen LogP contribution in [-0.4, -0.2) is 12.0 Å². The minimum atomic E-state index is -0.696. The number of hydrogen-bond acceptors (Lipinski definition) is 3. The summed E-state index contributed by atoms with van der Waals surface area (Å²) < 4.78 is 5.41. The van der Waals surface area contributed by atoms with Gasteiger partial charge in [-0.15, -0.1) is 0 Å². The predicted molar refractivity (Wildman–Crippen MR) is 63.3 cm³/mol. The predicted octanol–water partition coefficient (Wildman–Crippen LogP) is 1.61. The largest absolute Gasteiger partial charge is 0.481 e. The molecule has 0 spiro atoms. The summed E-state index contributed by atoms with van der Waals surface area (Å²) in [7, 11) is 0. The molecule has 5 heteroatoms. The van der Waals surface area contributed by atoms with Gasteiger partial charge in [0.15, 0.2) is 6.10 Å². The monoisotopic (exact) mass is 242 g/mol. The Hall–Kier alpha value is -1.26. The molecule has 0 aliphatic carbocycles. The average Bonchev–Trinajstić information content (AvgIpc) is 2.20. The number of primary amides is 1. The maximum Gasteiger partial charge on any atom is 0.258 e. The molecule has 0 fully saturated rings. The maximum atomic E-state index is 10.9. The molecule has 2 atom stereocenters. The lowest BCUT2D eigenvalue weighted by molar-refractivity contribution is -0.124. The van der Waals surface area contributed by atoms with Gasteiger partial charge in [0.25, 0.3) is 5.91 Å². The molecule has 0 aromatic heterocycles. The molecule has 0 bridgehead atoms. The molecule has 0 heterocycles. The Morgan fingerprint density at radius 1 is 1.44 bits per heavy atom. The molecular formula is C11H15ClN2O2. The van der Waals surface area contributed by atoms with Crippen molar-refractivity contribution >= 4 is 17.5 Å². The van der Waals surface area contributed by atoms with Crippen LogP contribution in [0.15, 0.2) is 18.2 Å². The summed E-state index contributed by atoms with van der Waals surface area (Å²) in [4.78, 5) is 10.9. The second-order valence-electron chi connectivity index (χ2n) is 3.63. The van der Waals surface area contributed by atoms with E-state index in [1.165, 1.54) is 0 Å². The molecule has 1 rings (SSSR count). The Morgan fingerprint density at radius 3 is 2.56 bits per heavy atom. The molecule has 1 unspecified atom stereocenters. The van der Waals surface area contributed by atoms with E-state index in [-0.39, 0.29) is 6.04 Å². The van der Waals surface area contributed by atoms with Crippen molar-refractivity contribution in [2.45, 2.75) is 26.0 Å². The smallest absolute Gasteiger partial charge is 0.258 e. The molecule has 0 aliphatic rings. The van der Waals surface area contributed by atoms with E-state index in [1.54, 1.807) is 25.1 Å². The lowest BCUT2D eigenvalue weighted by atomic mass is 10.1. The third-order valence-corrected chi connectivity index (χ3v) is 2.40. The van der Waals surface area contributed by atoms with Crippen LogP contribution in [0.5, 0.6) is 5.75 Å². The quantitative estimate of drug-likeness (QED) is 0.842. The highest BCUT2D eigenvalue weighted by Crippen LogP contribution is 2.27. The number of rotatable bonds is 4. The van der Waals surface area contributed by atoms with Crippen molar-refractivity contribution < 1.29 is 9.53 Å². The van der Waals surface area contributed by atoms with E-state index < -0.39 is 12.0 Å². The van der Waals surface area contributed by atoms with Crippen LogP contribution in [0.25, 0.3) is 0 Å². The number of amides is 1. The lowest BCUT2D eigenvalue weighted by Gasteiger charge is -2.17. The van der Waals surface area contributed by atoms with Gasteiger partial charge in [-0.05, 0) is 32.0 Å². The van der Waals surface area contributed by atoms with Crippen LogP contribution in [0, 0.1) is 0 Å². The Bertz CT molecular complexity index is 394. The summed E-state index contributed by atoms with van der Waals surface area (Å²) in [6, 6.07) is 4.85. The van der Waals surface area contributed by atoms with Crippen molar-refractivity contribution in [3.8, 4) is 5.75 Å². The van der Waals surface area contributed by atoms with E-state index in [0.717, 1.165) is 5.56 Å². The number of nitrogens with two attached hydrogens (primary N) is 2. The molecule has 88 valence electrons. The van der Waals surface area contributed by atoms with Crippen LogP contribution in [0.3, 0.4) is 0 Å². The summed E-state index contributed by atoms with van der Waals surface area (Å²) in [6.07, 6.45) is -0.696. The third kappa shape index (κ3) is 3.12. The number of benzene rings is 1. The zero-order valence-electron chi connectivity index (χ0n) is 9.24. The van der Waals surface area contributed by atoms with E-state index in [4.69, 9.17) is 27.8 Å². The van der Waals surface area contributed by atoms with E-state index in [2.05, 4.69) is 0 Å². The van der Waals surface area contributed by atoms with E-state index >= 15 is 0 Å². The van der Waals surface area contributed by atoms with Crippen LogP contribution in [0.4, 0.5) is 0 Å². The Labute approximate surface area is 99.5 Å². The SMILES string of the molecule is CC(Oc1ccc(Cl)cc1[C@@H](C)N)C(N)=O. The topological polar surface area (TPSA) is 78.3 Å². The minimum absolute atomic E-state index is 0.228. The highest BCUT2D eigenvalue weighted by molar-refractivity contribution is 6.30. The lowest BCUT2D eigenvalue weighted by Crippen LogP contribution is -2.31. The Kier molecular flexibility index (Phi) is 4.15. The van der Waals surface area contributed by atoms with Gasteiger partial charge < -0.3 is 16.2 Å². The zero-order chi connectivity index (χ0) is 12.3. The van der Waals surface area contributed by atoms with Gasteiger partial charge in [-0.3, -0.25) is 4.79 Å². The van der Waals surface area contributed by atoms with Gasteiger partial charge in [-0.1, -0.05) is 11.6 Å². The highest BCUT2D eigenvalue weighted by atomic mass is 35.5. The third-order valence-electron chi connectivity index (χ3n) is 2.17. The van der Waals surface area contributed by atoms with Gasteiger partial charge in [-0.2, -0.15) is 0 Å². The summed E-state index contributed by atoms with van der Waals surface area (Å²) in [5.74, 6) is 0.0104. The van der Waals surface area contributed by atoms with Crippen molar-refractivity contribution in [2.75, 3.05) is 0 Å². The first-order valence-electron chi connectivity index (χ1n) is 4.93. The summed E-state index contributed by atoms with van der Waals surface area (Å²) in [5.41, 5.74) is 11.6. The Balaban J connectivity index is 2.99. The van der Waals surface area contributed by atoms with Crippen LogP contribution in [0.2, 0.25) is 5.02 Å². The fourth-order valence-corrected chi connectivity index (χ4v) is 1.41.